The SMILES string of the molecule is N/C(=C1/SC(c2ccccc2)C/C1=N/Cn1c2ccccc2c2cccc(C3=Cc4c3c3ccc5ccccc5c3n4-c3ccccc3)c21)c1ccccc1. The van der Waals surface area contributed by atoms with Gasteiger partial charge < -0.3 is 14.9 Å². The highest BCUT2D eigenvalue weighted by Gasteiger charge is 2.32. The van der Waals surface area contributed by atoms with Crippen molar-refractivity contribution in [3.05, 3.63) is 203 Å². The van der Waals surface area contributed by atoms with E-state index in [2.05, 4.69) is 167 Å². The quantitative estimate of drug-likeness (QED) is 0.186. The lowest BCUT2D eigenvalue weighted by atomic mass is 9.85. The first-order valence-corrected chi connectivity index (χ1v) is 19.8. The minimum atomic E-state index is 0.252. The average molecular weight is 725 g/mol. The first-order chi connectivity index (χ1) is 27.2. The predicted molar refractivity (Wildman–Crippen MR) is 234 cm³/mol. The van der Waals surface area contributed by atoms with Crippen LogP contribution in [0.25, 0.3) is 66.5 Å². The van der Waals surface area contributed by atoms with Crippen LogP contribution in [-0.4, -0.2) is 14.8 Å². The molecule has 2 N–H and O–H groups in total. The number of hydrogen-bond donors (Lipinski definition) is 1. The van der Waals surface area contributed by atoms with Gasteiger partial charge in [-0.15, -0.1) is 11.8 Å². The molecule has 2 aromatic heterocycles. The summed E-state index contributed by atoms with van der Waals surface area (Å²) in [5, 5.41) is 6.50. The minimum absolute atomic E-state index is 0.252. The molecule has 0 saturated carbocycles. The van der Waals surface area contributed by atoms with Crippen LogP contribution < -0.4 is 5.73 Å². The third kappa shape index (κ3) is 5.04. The van der Waals surface area contributed by atoms with Crippen LogP contribution in [0.1, 0.15) is 39.6 Å². The molecule has 262 valence electrons. The van der Waals surface area contributed by atoms with Gasteiger partial charge in [0.05, 0.1) is 38.6 Å². The average Bonchev–Trinajstić information content (AvgIpc) is 3.89. The van der Waals surface area contributed by atoms with Crippen molar-refractivity contribution in [3.63, 3.8) is 0 Å². The van der Waals surface area contributed by atoms with E-state index in [-0.39, 0.29) is 5.25 Å². The minimum Gasteiger partial charge on any atom is -0.397 e. The summed E-state index contributed by atoms with van der Waals surface area (Å²) in [7, 11) is 0. The highest BCUT2D eigenvalue weighted by molar-refractivity contribution is 8.05. The van der Waals surface area contributed by atoms with E-state index in [1.165, 1.54) is 77.1 Å². The molecule has 1 aliphatic carbocycles. The van der Waals surface area contributed by atoms with Crippen LogP contribution in [0.15, 0.2) is 180 Å². The fourth-order valence-electron chi connectivity index (χ4n) is 8.78. The number of nitrogens with two attached hydrogens (primary N) is 1. The monoisotopic (exact) mass is 724 g/mol. The number of benzene rings is 7. The summed E-state index contributed by atoms with van der Waals surface area (Å²) < 4.78 is 4.87. The zero-order chi connectivity index (χ0) is 36.5. The summed E-state index contributed by atoms with van der Waals surface area (Å²) in [6, 6.07) is 60.7. The van der Waals surface area contributed by atoms with Gasteiger partial charge in [-0.3, -0.25) is 4.99 Å². The molecule has 1 saturated heterocycles. The predicted octanol–water partition coefficient (Wildman–Crippen LogP) is 12.4. The van der Waals surface area contributed by atoms with Crippen LogP contribution in [0.5, 0.6) is 0 Å². The first kappa shape index (κ1) is 31.9. The van der Waals surface area contributed by atoms with Gasteiger partial charge in [-0.05, 0) is 46.4 Å². The van der Waals surface area contributed by atoms with Crippen molar-refractivity contribution in [2.45, 2.75) is 18.3 Å². The van der Waals surface area contributed by atoms with E-state index in [9.17, 15) is 0 Å². The number of aromatic nitrogens is 2. The molecule has 0 bridgehead atoms. The largest absolute Gasteiger partial charge is 0.397 e. The molecule has 4 nitrogen and oxygen atoms in total. The molecule has 3 heterocycles. The van der Waals surface area contributed by atoms with E-state index in [1.54, 1.807) is 0 Å². The first-order valence-electron chi connectivity index (χ1n) is 18.9. The van der Waals surface area contributed by atoms with Crippen LogP contribution in [0, 0.1) is 0 Å². The molecule has 0 amide bonds. The molecule has 1 fully saturated rings. The molecule has 0 spiro atoms. The van der Waals surface area contributed by atoms with E-state index in [1.807, 2.05) is 30.0 Å². The van der Waals surface area contributed by atoms with Gasteiger partial charge in [-0.2, -0.15) is 0 Å². The molecular formula is C50H36N4S. The van der Waals surface area contributed by atoms with Crippen LogP contribution in [0.4, 0.5) is 0 Å². The van der Waals surface area contributed by atoms with Crippen LogP contribution in [-0.2, 0) is 6.67 Å². The number of allylic oxidation sites excluding steroid dienone is 1. The number of hydrogen-bond acceptors (Lipinski definition) is 3. The number of thioether (sulfide) groups is 1. The van der Waals surface area contributed by atoms with Crippen molar-refractivity contribution in [3.8, 4) is 5.69 Å². The van der Waals surface area contributed by atoms with E-state index in [0.29, 0.717) is 6.67 Å². The van der Waals surface area contributed by atoms with Gasteiger partial charge in [0.1, 0.15) is 6.67 Å². The van der Waals surface area contributed by atoms with E-state index >= 15 is 0 Å². The second-order valence-corrected chi connectivity index (χ2v) is 15.6. The Bertz CT molecular complexity index is 3060. The Labute approximate surface area is 323 Å². The van der Waals surface area contributed by atoms with Gasteiger partial charge in [0.15, 0.2) is 0 Å². The lowest BCUT2D eigenvalue weighted by Gasteiger charge is -2.21. The molecular weight excluding hydrogens is 689 g/mol. The number of fused-ring (bicyclic) bond motifs is 8. The zero-order valence-corrected chi connectivity index (χ0v) is 30.9. The van der Waals surface area contributed by atoms with Gasteiger partial charge in [0, 0.05) is 50.0 Å². The van der Waals surface area contributed by atoms with Crippen molar-refractivity contribution >= 4 is 78.3 Å². The van der Waals surface area contributed by atoms with Gasteiger partial charge in [0.25, 0.3) is 0 Å². The maximum atomic E-state index is 6.98. The van der Waals surface area contributed by atoms with Crippen molar-refractivity contribution in [1.82, 2.24) is 9.13 Å². The topological polar surface area (TPSA) is 48.2 Å². The molecule has 55 heavy (non-hydrogen) atoms. The normalized spacial score (nSPS) is 16.9. The Balaban J connectivity index is 1.09. The van der Waals surface area contributed by atoms with Gasteiger partial charge in [-0.1, -0.05) is 152 Å². The van der Waals surface area contributed by atoms with E-state index < -0.39 is 0 Å². The standard InChI is InChI=1S/C50H36N4S/c51-47(34-18-6-2-7-19-34)50-42(30-45(55-50)33-16-4-1-5-17-33)52-31-53-43-26-13-12-23-37(43)38-24-14-25-39(48(38)53)41-29-44-46(41)40-28-27-32-15-10-11-22-36(32)49(40)54(44)35-20-8-3-9-21-35/h1-29,45H,30-31,51H2/b50-47+,52-42-. The van der Waals surface area contributed by atoms with Gasteiger partial charge in [-0.25, -0.2) is 0 Å². The summed E-state index contributed by atoms with van der Waals surface area (Å²) in [4.78, 5) is 6.56. The molecule has 1 aliphatic heterocycles. The third-order valence-corrected chi connectivity index (χ3v) is 12.8. The molecule has 11 rings (SSSR count). The molecule has 5 heteroatoms. The maximum Gasteiger partial charge on any atom is 0.115 e. The summed E-state index contributed by atoms with van der Waals surface area (Å²) >= 11 is 1.84. The van der Waals surface area contributed by atoms with Gasteiger partial charge in [0.2, 0.25) is 0 Å². The highest BCUT2D eigenvalue weighted by atomic mass is 32.2. The maximum absolute atomic E-state index is 6.98. The molecule has 1 unspecified atom stereocenters. The fraction of sp³-hybridized carbons (Fsp3) is 0.0600. The van der Waals surface area contributed by atoms with Crippen molar-refractivity contribution < 1.29 is 0 Å². The summed E-state index contributed by atoms with van der Waals surface area (Å²) in [6.07, 6.45) is 3.21. The molecule has 9 aromatic rings. The van der Waals surface area contributed by atoms with Crippen molar-refractivity contribution in [2.75, 3.05) is 0 Å². The molecule has 7 aromatic carbocycles. The Morgan fingerprint density at radius 2 is 1.33 bits per heavy atom. The Morgan fingerprint density at radius 1 is 0.636 bits per heavy atom. The van der Waals surface area contributed by atoms with Crippen molar-refractivity contribution in [2.24, 2.45) is 10.7 Å². The molecule has 1 atom stereocenters. The second-order valence-electron chi connectivity index (χ2n) is 14.4. The third-order valence-electron chi connectivity index (χ3n) is 11.3. The summed E-state index contributed by atoms with van der Waals surface area (Å²) in [6.45, 7) is 0.487. The Morgan fingerprint density at radius 3 is 2.15 bits per heavy atom. The number of para-hydroxylation sites is 3. The molecule has 2 aliphatic rings. The van der Waals surface area contributed by atoms with E-state index in [4.69, 9.17) is 10.7 Å². The number of rotatable bonds is 6. The lowest BCUT2D eigenvalue weighted by molar-refractivity contribution is 0.787. The highest BCUT2D eigenvalue weighted by Crippen LogP contribution is 2.50. The van der Waals surface area contributed by atoms with Gasteiger partial charge >= 0.3 is 0 Å². The van der Waals surface area contributed by atoms with Crippen LogP contribution in [0.3, 0.4) is 0 Å². The lowest BCUT2D eigenvalue weighted by Crippen LogP contribution is -2.08. The number of nitrogens with zero attached hydrogens (tertiary/aromatic N) is 3. The number of aliphatic imine (C=N–C) groups is 1. The summed E-state index contributed by atoms with van der Waals surface area (Å²) in [5.41, 5.74) is 21.0. The fourth-order valence-corrected chi connectivity index (χ4v) is 10.1. The second kappa shape index (κ2) is 12.8. The summed E-state index contributed by atoms with van der Waals surface area (Å²) in [5.74, 6) is 0. The Kier molecular flexibility index (Phi) is 7.42. The van der Waals surface area contributed by atoms with Crippen LogP contribution >= 0.6 is 11.8 Å². The zero-order valence-electron chi connectivity index (χ0n) is 30.1. The Hall–Kier alpha value is -6.56. The smallest absolute Gasteiger partial charge is 0.115 e. The van der Waals surface area contributed by atoms with E-state index in [0.717, 1.165) is 28.3 Å². The van der Waals surface area contributed by atoms with Crippen LogP contribution in [0.2, 0.25) is 0 Å². The molecule has 0 radical (unpaired) electrons. The van der Waals surface area contributed by atoms with Crippen molar-refractivity contribution in [1.29, 1.82) is 0 Å².